The first kappa shape index (κ1) is 41.4. The fourth-order valence-electron chi connectivity index (χ4n) is 5.49. The number of carbonyl (C=O) groups excluding carboxylic acids is 4. The number of amides is 4. The second kappa shape index (κ2) is 17.9. The van der Waals surface area contributed by atoms with Crippen LogP contribution in [0.15, 0.2) is 175 Å². The average molecular weight is 851 g/mol. The predicted molar refractivity (Wildman–Crippen MR) is 226 cm³/mol. The highest BCUT2D eigenvalue weighted by Crippen LogP contribution is 2.41. The fraction of sp³-hybridized carbons (Fsp3) is 0.0476. The number of sulfone groups is 2. The van der Waals surface area contributed by atoms with Gasteiger partial charge >= 0.3 is 0 Å². The Kier molecular flexibility index (Phi) is 12.8. The monoisotopic (exact) mass is 850 g/mol. The Balaban J connectivity index is 1.09. The molecule has 6 aromatic rings. The number of benzene rings is 6. The van der Waals surface area contributed by atoms with Crippen molar-refractivity contribution in [3.05, 3.63) is 157 Å². The van der Waals surface area contributed by atoms with Crippen LogP contribution in [0.2, 0.25) is 0 Å². The lowest BCUT2D eigenvalue weighted by atomic mass is 10.2. The third-order valence-corrected chi connectivity index (χ3v) is 14.4. The van der Waals surface area contributed by atoms with Gasteiger partial charge in [0.2, 0.25) is 31.5 Å². The minimum Gasteiger partial charge on any atom is -0.326 e. The van der Waals surface area contributed by atoms with E-state index in [1.165, 1.54) is 132 Å². The molecular weight excluding hydrogens is 817 g/mol. The van der Waals surface area contributed by atoms with E-state index in [0.717, 1.165) is 0 Å². The summed E-state index contributed by atoms with van der Waals surface area (Å²) in [4.78, 5) is 50.9. The summed E-state index contributed by atoms with van der Waals surface area (Å²) < 4.78 is 52.8. The van der Waals surface area contributed by atoms with Crippen LogP contribution in [0.4, 0.5) is 22.7 Å². The Morgan fingerprint density at radius 3 is 0.914 bits per heavy atom. The molecule has 0 aliphatic rings. The molecule has 0 fully saturated rings. The predicted octanol–water partition coefficient (Wildman–Crippen LogP) is 8.57. The van der Waals surface area contributed by atoms with E-state index in [-0.39, 0.29) is 31.4 Å². The van der Waals surface area contributed by atoms with Gasteiger partial charge in [0, 0.05) is 46.4 Å². The zero-order valence-corrected chi connectivity index (χ0v) is 34.0. The average Bonchev–Trinajstić information content (AvgIpc) is 3.20. The lowest BCUT2D eigenvalue weighted by Crippen LogP contribution is -2.13. The Morgan fingerprint density at radius 2 is 0.638 bits per heavy atom. The normalized spacial score (nSPS) is 11.3. The van der Waals surface area contributed by atoms with Crippen LogP contribution in [0.3, 0.4) is 0 Å². The molecule has 0 radical (unpaired) electrons. The number of nitrogens with one attached hydrogen (secondary N) is 4. The van der Waals surface area contributed by atoms with Crippen molar-refractivity contribution in [3.8, 4) is 0 Å². The first-order chi connectivity index (χ1) is 27.7. The Hall–Kier alpha value is -6.20. The van der Waals surface area contributed by atoms with Gasteiger partial charge in [-0.05, 0) is 121 Å². The molecule has 6 aromatic carbocycles. The third-order valence-electron chi connectivity index (χ3n) is 8.30. The van der Waals surface area contributed by atoms with E-state index in [0.29, 0.717) is 43.7 Å². The summed E-state index contributed by atoms with van der Waals surface area (Å²) in [5.74, 6) is -1.40. The molecule has 0 spiro atoms. The van der Waals surface area contributed by atoms with Crippen LogP contribution in [0.25, 0.3) is 0 Å². The number of rotatable bonds is 13. The van der Waals surface area contributed by atoms with Gasteiger partial charge in [0.1, 0.15) is 0 Å². The van der Waals surface area contributed by atoms with Gasteiger partial charge in [0.05, 0.1) is 30.7 Å². The van der Waals surface area contributed by atoms with E-state index >= 15 is 0 Å². The van der Waals surface area contributed by atoms with Crippen LogP contribution in [-0.2, 0) is 29.3 Å². The van der Waals surface area contributed by atoms with Crippen LogP contribution in [0.5, 0.6) is 0 Å². The Morgan fingerprint density at radius 1 is 0.379 bits per heavy atom. The van der Waals surface area contributed by atoms with Crippen LogP contribution in [-0.4, -0.2) is 40.5 Å². The zero-order chi connectivity index (χ0) is 41.5. The molecule has 0 saturated carbocycles. The highest BCUT2D eigenvalue weighted by molar-refractivity contribution is 8.76. The minimum atomic E-state index is -3.86. The molecule has 16 heteroatoms. The Labute approximate surface area is 343 Å². The van der Waals surface area contributed by atoms with Gasteiger partial charge in [-0.1, -0.05) is 45.9 Å². The lowest BCUT2D eigenvalue weighted by molar-refractivity contribution is -0.115. The van der Waals surface area contributed by atoms with E-state index in [4.69, 9.17) is 0 Å². The zero-order valence-electron chi connectivity index (χ0n) is 30.8. The van der Waals surface area contributed by atoms with E-state index < -0.39 is 31.5 Å². The fourth-order valence-corrected chi connectivity index (χ4v) is 10.4. The summed E-state index contributed by atoms with van der Waals surface area (Å²) >= 11 is 0. The van der Waals surface area contributed by atoms with Gasteiger partial charge in [0.15, 0.2) is 0 Å². The second-order valence-electron chi connectivity index (χ2n) is 12.5. The molecule has 6 rings (SSSR count). The van der Waals surface area contributed by atoms with Gasteiger partial charge in [-0.15, -0.1) is 0 Å². The van der Waals surface area contributed by atoms with Crippen molar-refractivity contribution in [3.63, 3.8) is 0 Å². The highest BCUT2D eigenvalue weighted by atomic mass is 33.1. The van der Waals surface area contributed by atoms with Crippen molar-refractivity contribution in [2.24, 2.45) is 0 Å². The molecule has 0 unspecified atom stereocenters. The molecule has 12 nitrogen and oxygen atoms in total. The topological polar surface area (TPSA) is 185 Å². The van der Waals surface area contributed by atoms with Crippen molar-refractivity contribution >= 4 is 87.6 Å². The van der Waals surface area contributed by atoms with Crippen LogP contribution in [0.1, 0.15) is 34.6 Å². The van der Waals surface area contributed by atoms with Gasteiger partial charge in [-0.2, -0.15) is 0 Å². The summed E-state index contributed by atoms with van der Waals surface area (Å²) in [6.45, 7) is 2.71. The molecule has 0 aliphatic heterocycles. The molecule has 0 bridgehead atoms. The highest BCUT2D eigenvalue weighted by Gasteiger charge is 2.21. The van der Waals surface area contributed by atoms with Crippen molar-refractivity contribution in [1.82, 2.24) is 0 Å². The molecule has 0 aliphatic carbocycles. The number of hydrogen-bond donors (Lipinski definition) is 4. The number of hydrogen-bond acceptors (Lipinski definition) is 10. The molecule has 294 valence electrons. The van der Waals surface area contributed by atoms with Gasteiger partial charge < -0.3 is 21.3 Å². The van der Waals surface area contributed by atoms with Gasteiger partial charge in [0.25, 0.3) is 11.8 Å². The maximum atomic E-state index is 13.5. The first-order valence-electron chi connectivity index (χ1n) is 17.3. The molecule has 4 N–H and O–H groups in total. The number of carbonyl (C=O) groups is 4. The quantitative estimate of drug-likeness (QED) is 0.0821. The molecule has 0 atom stereocenters. The van der Waals surface area contributed by atoms with Crippen molar-refractivity contribution in [2.45, 2.75) is 43.2 Å². The van der Waals surface area contributed by atoms with E-state index in [1.54, 1.807) is 48.5 Å². The molecule has 0 aromatic heterocycles. The molecule has 58 heavy (non-hydrogen) atoms. The van der Waals surface area contributed by atoms with Crippen LogP contribution >= 0.6 is 21.6 Å². The van der Waals surface area contributed by atoms with Crippen molar-refractivity contribution in [2.75, 3.05) is 21.3 Å². The maximum absolute atomic E-state index is 13.5. The molecule has 0 heterocycles. The second-order valence-corrected chi connectivity index (χ2v) is 18.6. The summed E-state index contributed by atoms with van der Waals surface area (Å²) in [5, 5.41) is 10.8. The van der Waals surface area contributed by atoms with Crippen LogP contribution < -0.4 is 21.3 Å². The van der Waals surface area contributed by atoms with Crippen molar-refractivity contribution < 1.29 is 36.0 Å². The van der Waals surface area contributed by atoms with E-state index in [9.17, 15) is 36.0 Å². The van der Waals surface area contributed by atoms with E-state index in [2.05, 4.69) is 21.3 Å². The summed E-state index contributed by atoms with van der Waals surface area (Å²) in [5.41, 5.74) is 2.41. The lowest BCUT2D eigenvalue weighted by Gasteiger charge is -2.12. The molecule has 0 saturated heterocycles. The van der Waals surface area contributed by atoms with Crippen molar-refractivity contribution in [1.29, 1.82) is 0 Å². The summed E-state index contributed by atoms with van der Waals surface area (Å²) in [6, 6.07) is 37.1. The standard InChI is InChI=1S/C42H34N4O8S4/c1-27(47)43-29-11-19-33(20-12-29)57(51,52)35-23-15-31(16-24-35)45-41(49)37-7-3-5-9-39(37)55-56-40-10-6-4-8-38(40)42(50)46-32-17-25-36(26-18-32)58(53,54)34-21-13-30(14-22-34)44-28(2)48/h3-26H,1-2H3,(H,43,47)(H,44,48)(H,45,49)(H,46,50). The SMILES string of the molecule is CC(=O)Nc1ccc(S(=O)(=O)c2ccc(NC(=O)c3ccccc3SSc3ccccc3C(=O)Nc3ccc(S(=O)(=O)c4ccc(NC(C)=O)cc4)cc3)cc2)cc1. The first-order valence-corrected chi connectivity index (χ1v) is 22.4. The smallest absolute Gasteiger partial charge is 0.256 e. The molecule has 4 amide bonds. The van der Waals surface area contributed by atoms with Crippen LogP contribution in [0, 0.1) is 0 Å². The van der Waals surface area contributed by atoms with E-state index in [1.807, 2.05) is 0 Å². The largest absolute Gasteiger partial charge is 0.326 e. The molecular formula is C42H34N4O8S4. The number of anilines is 4. The summed E-state index contributed by atoms with van der Waals surface area (Å²) in [7, 11) is -5.17. The summed E-state index contributed by atoms with van der Waals surface area (Å²) in [6.07, 6.45) is 0. The maximum Gasteiger partial charge on any atom is 0.256 e. The third kappa shape index (κ3) is 10.0. The van der Waals surface area contributed by atoms with Gasteiger partial charge in [-0.3, -0.25) is 19.2 Å². The van der Waals surface area contributed by atoms with Gasteiger partial charge in [-0.25, -0.2) is 16.8 Å². The minimum absolute atomic E-state index is 0.0286. The Bertz CT molecular complexity index is 2530.